The molecule has 0 unspecified atom stereocenters. The van der Waals surface area contributed by atoms with Gasteiger partial charge in [-0.1, -0.05) is 64.1 Å². The van der Waals surface area contributed by atoms with Crippen molar-refractivity contribution in [3.8, 4) is 0 Å². The number of allylic oxidation sites excluding steroid dienone is 5. The molecule has 3 nitrogen and oxygen atoms in total. The van der Waals surface area contributed by atoms with E-state index in [2.05, 4.69) is 65.6 Å². The first-order valence-electron chi connectivity index (χ1n) is 9.04. The minimum Gasteiger partial charge on any atom is -0.374 e. The first-order chi connectivity index (χ1) is 12.8. The fraction of sp³-hybridized carbons (Fsp3) is 0.381. The van der Waals surface area contributed by atoms with E-state index in [1.54, 1.807) is 0 Å². The quantitative estimate of drug-likeness (QED) is 0.234. The molecule has 0 aliphatic rings. The van der Waals surface area contributed by atoms with Crippen molar-refractivity contribution in [3.05, 3.63) is 60.2 Å². The zero-order valence-corrected chi connectivity index (χ0v) is 17.8. The van der Waals surface area contributed by atoms with Crippen LogP contribution >= 0.6 is 21.6 Å². The second-order valence-corrected chi connectivity index (χ2v) is 8.32. The smallest absolute Gasteiger partial charge is 0.161 e. The van der Waals surface area contributed by atoms with Crippen LogP contribution in [0.15, 0.2) is 54.6 Å². The van der Waals surface area contributed by atoms with E-state index >= 15 is 0 Å². The minimum absolute atomic E-state index is 0.952. The van der Waals surface area contributed by atoms with Gasteiger partial charge in [-0.05, 0) is 31.7 Å². The van der Waals surface area contributed by atoms with Gasteiger partial charge in [0.05, 0.1) is 0 Å². The van der Waals surface area contributed by atoms with Crippen LogP contribution in [0.2, 0.25) is 0 Å². The molecule has 0 radical (unpaired) electrons. The number of hydrogen-bond donors (Lipinski definition) is 2. The summed E-state index contributed by atoms with van der Waals surface area (Å²) in [5, 5.41) is 3.17. The normalized spacial score (nSPS) is 12.3. The molecule has 142 valence electrons. The lowest BCUT2D eigenvalue weighted by Crippen LogP contribution is -2.67. The Kier molecular flexibility index (Phi) is 13.7. The summed E-state index contributed by atoms with van der Waals surface area (Å²) in [4.78, 5) is 5.44. The first-order valence-corrected chi connectivity index (χ1v) is 11.5. The van der Waals surface area contributed by atoms with Gasteiger partial charge in [0, 0.05) is 43.4 Å². The molecule has 0 atom stereocenters. The molecule has 2 N–H and O–H groups in total. The van der Waals surface area contributed by atoms with Gasteiger partial charge in [-0.15, -0.1) is 0 Å². The molecule has 0 fully saturated rings. The average molecular weight is 391 g/mol. The number of rotatable bonds is 13. The summed E-state index contributed by atoms with van der Waals surface area (Å²) in [6, 6.07) is 8.71. The lowest BCUT2D eigenvalue weighted by Gasteiger charge is -2.19. The van der Waals surface area contributed by atoms with Crippen LogP contribution in [0.4, 0.5) is 5.69 Å². The summed E-state index contributed by atoms with van der Waals surface area (Å²) < 4.78 is 0. The minimum atomic E-state index is 0.952. The summed E-state index contributed by atoms with van der Waals surface area (Å²) >= 11 is 0. The van der Waals surface area contributed by atoms with Gasteiger partial charge >= 0.3 is 0 Å². The molecule has 1 aromatic rings. The fourth-order valence-corrected chi connectivity index (χ4v) is 4.06. The predicted octanol–water partition coefficient (Wildman–Crippen LogP) is 3.02. The van der Waals surface area contributed by atoms with Crippen molar-refractivity contribution in [3.63, 3.8) is 0 Å². The van der Waals surface area contributed by atoms with Crippen molar-refractivity contribution in [1.29, 1.82) is 0 Å². The second kappa shape index (κ2) is 15.8. The van der Waals surface area contributed by atoms with Gasteiger partial charge in [-0.2, -0.15) is 0 Å². The molecule has 1 rings (SSSR count). The van der Waals surface area contributed by atoms with Crippen LogP contribution < -0.4 is 15.2 Å². The highest BCUT2D eigenvalue weighted by atomic mass is 33.1. The van der Waals surface area contributed by atoms with Gasteiger partial charge < -0.3 is 10.2 Å². The van der Waals surface area contributed by atoms with Gasteiger partial charge in [0.15, 0.2) is 6.21 Å². The van der Waals surface area contributed by atoms with Crippen molar-refractivity contribution < 1.29 is 4.99 Å². The van der Waals surface area contributed by atoms with E-state index in [1.807, 2.05) is 59.2 Å². The zero-order valence-electron chi connectivity index (χ0n) is 16.2. The lowest BCUT2D eigenvalue weighted by atomic mass is 10.2. The van der Waals surface area contributed by atoms with Gasteiger partial charge in [0.25, 0.3) is 0 Å². The monoisotopic (exact) mass is 390 g/mol. The fourth-order valence-electron chi connectivity index (χ4n) is 2.01. The van der Waals surface area contributed by atoms with Crippen LogP contribution in [0, 0.1) is 0 Å². The Labute approximate surface area is 167 Å². The van der Waals surface area contributed by atoms with Crippen LogP contribution in [0.1, 0.15) is 12.5 Å². The first kappa shape index (κ1) is 22.6. The maximum absolute atomic E-state index is 3.17. The van der Waals surface area contributed by atoms with E-state index in [9.17, 15) is 0 Å². The molecule has 0 aromatic heterocycles. The number of nitrogens with zero attached hydrogens (tertiary/aromatic N) is 1. The SMILES string of the molecule is CC[NH+]=C\C=C/C=C/C=C/c1ccc(N(C)CCSSCCNC)cc1. The standard InChI is InChI=1S/C21H31N3S2/c1-4-23-15-9-7-5-6-8-10-20-11-13-21(14-12-20)24(3)17-19-26-25-18-16-22-2/h5-15,22H,4,16-19H2,1-3H3/p+1/b6-5+,9-7-,10-8+,23-15?. The van der Waals surface area contributed by atoms with E-state index < -0.39 is 0 Å². The van der Waals surface area contributed by atoms with E-state index in [-0.39, 0.29) is 0 Å². The number of nitrogens with one attached hydrogen (secondary N) is 2. The summed E-state index contributed by atoms with van der Waals surface area (Å²) in [5.74, 6) is 2.29. The Bertz CT molecular complexity index is 577. The third kappa shape index (κ3) is 11.2. The Morgan fingerprint density at radius 3 is 2.42 bits per heavy atom. The largest absolute Gasteiger partial charge is 0.374 e. The Morgan fingerprint density at radius 1 is 1.00 bits per heavy atom. The number of anilines is 1. The van der Waals surface area contributed by atoms with Gasteiger partial charge in [0.2, 0.25) is 0 Å². The molecule has 0 spiro atoms. The molecule has 0 heterocycles. The topological polar surface area (TPSA) is 29.2 Å². The van der Waals surface area contributed by atoms with Crippen molar-refractivity contribution in [2.75, 3.05) is 50.1 Å². The Morgan fingerprint density at radius 2 is 1.69 bits per heavy atom. The summed E-state index contributed by atoms with van der Waals surface area (Å²) in [5.41, 5.74) is 2.48. The molecule has 0 amide bonds. The van der Waals surface area contributed by atoms with Gasteiger partial charge in [-0.25, -0.2) is 4.99 Å². The third-order valence-corrected chi connectivity index (χ3v) is 5.90. The van der Waals surface area contributed by atoms with E-state index in [4.69, 9.17) is 0 Å². The highest BCUT2D eigenvalue weighted by Gasteiger charge is 2.00. The Hall–Kier alpha value is -1.43. The molecular weight excluding hydrogens is 358 g/mol. The van der Waals surface area contributed by atoms with Gasteiger partial charge in [0.1, 0.15) is 6.54 Å². The molecular formula is C21H32N3S2+. The van der Waals surface area contributed by atoms with Crippen LogP contribution in [-0.2, 0) is 0 Å². The zero-order chi connectivity index (χ0) is 18.9. The third-order valence-electron chi connectivity index (χ3n) is 3.51. The highest BCUT2D eigenvalue weighted by molar-refractivity contribution is 8.76. The van der Waals surface area contributed by atoms with E-state index in [0.717, 1.165) is 31.1 Å². The molecule has 0 aliphatic heterocycles. The van der Waals surface area contributed by atoms with Crippen LogP contribution in [0.3, 0.4) is 0 Å². The maximum Gasteiger partial charge on any atom is 0.161 e. The molecule has 5 heteroatoms. The van der Waals surface area contributed by atoms with Crippen molar-refractivity contribution >= 4 is 39.6 Å². The van der Waals surface area contributed by atoms with Crippen LogP contribution in [0.5, 0.6) is 0 Å². The van der Waals surface area contributed by atoms with Crippen LogP contribution in [0.25, 0.3) is 6.08 Å². The summed E-state index contributed by atoms with van der Waals surface area (Å²) in [6.45, 7) is 5.16. The molecule has 1 aromatic carbocycles. The molecule has 0 bridgehead atoms. The van der Waals surface area contributed by atoms with Crippen molar-refractivity contribution in [2.45, 2.75) is 6.92 Å². The second-order valence-electron chi connectivity index (χ2n) is 5.61. The molecule has 0 aliphatic carbocycles. The Balaban J connectivity index is 2.33. The molecule has 26 heavy (non-hydrogen) atoms. The summed E-state index contributed by atoms with van der Waals surface area (Å²) in [7, 11) is 8.04. The average Bonchev–Trinajstić information content (AvgIpc) is 2.67. The molecule has 0 saturated heterocycles. The summed E-state index contributed by atoms with van der Waals surface area (Å²) in [6.07, 6.45) is 14.2. The van der Waals surface area contributed by atoms with Crippen molar-refractivity contribution in [1.82, 2.24) is 5.32 Å². The van der Waals surface area contributed by atoms with Gasteiger partial charge in [-0.3, -0.25) is 0 Å². The van der Waals surface area contributed by atoms with E-state index in [1.165, 1.54) is 11.3 Å². The predicted molar refractivity (Wildman–Crippen MR) is 123 cm³/mol. The molecule has 0 saturated carbocycles. The number of hydrogen-bond acceptors (Lipinski definition) is 4. The number of benzene rings is 1. The highest BCUT2D eigenvalue weighted by Crippen LogP contribution is 2.21. The maximum atomic E-state index is 3.17. The van der Waals surface area contributed by atoms with E-state index in [0.29, 0.717) is 0 Å². The van der Waals surface area contributed by atoms with Crippen LogP contribution in [-0.4, -0.2) is 51.4 Å². The van der Waals surface area contributed by atoms with Crippen molar-refractivity contribution in [2.24, 2.45) is 0 Å². The lowest BCUT2D eigenvalue weighted by molar-refractivity contribution is -0.446.